The minimum atomic E-state index is -2.57. The molecule has 3 rings (SSSR count). The molecular weight excluding hydrogens is 254 g/mol. The molecule has 0 bridgehead atoms. The van der Waals surface area contributed by atoms with E-state index in [1.54, 1.807) is 0 Å². The summed E-state index contributed by atoms with van der Waals surface area (Å²) in [5.41, 5.74) is 4.99. The van der Waals surface area contributed by atoms with E-state index in [1.807, 2.05) is 18.2 Å². The highest BCUT2D eigenvalue weighted by molar-refractivity contribution is 5.66. The van der Waals surface area contributed by atoms with Crippen molar-refractivity contribution in [2.75, 3.05) is 0 Å². The third-order valence-electron chi connectivity index (χ3n) is 4.02. The van der Waals surface area contributed by atoms with Crippen molar-refractivity contribution in [3.05, 3.63) is 59.2 Å². The second-order valence-corrected chi connectivity index (χ2v) is 5.97. The molecule has 0 saturated heterocycles. The van der Waals surface area contributed by atoms with E-state index in [9.17, 15) is 8.78 Å². The van der Waals surface area contributed by atoms with Gasteiger partial charge in [0.2, 0.25) is 0 Å². The molecule has 2 heteroatoms. The van der Waals surface area contributed by atoms with Crippen LogP contribution in [0.4, 0.5) is 8.78 Å². The first-order chi connectivity index (χ1) is 9.44. The van der Waals surface area contributed by atoms with Gasteiger partial charge in [-0.1, -0.05) is 56.3 Å². The Kier molecular flexibility index (Phi) is 3.12. The number of benzene rings is 2. The molecule has 20 heavy (non-hydrogen) atoms. The molecule has 0 aliphatic heterocycles. The summed E-state index contributed by atoms with van der Waals surface area (Å²) in [4.78, 5) is 0. The van der Waals surface area contributed by atoms with Gasteiger partial charge in [0.1, 0.15) is 0 Å². The summed E-state index contributed by atoms with van der Waals surface area (Å²) in [7, 11) is 0. The van der Waals surface area contributed by atoms with Crippen LogP contribution in [0.15, 0.2) is 42.5 Å². The van der Waals surface area contributed by atoms with E-state index in [2.05, 4.69) is 38.1 Å². The van der Waals surface area contributed by atoms with Crippen LogP contribution in [0, 0.1) is 0 Å². The van der Waals surface area contributed by atoms with Crippen LogP contribution in [-0.2, 0) is 12.8 Å². The van der Waals surface area contributed by atoms with Crippen LogP contribution in [0.5, 0.6) is 0 Å². The summed E-state index contributed by atoms with van der Waals surface area (Å²) >= 11 is 0. The van der Waals surface area contributed by atoms with E-state index in [4.69, 9.17) is 0 Å². The van der Waals surface area contributed by atoms with Crippen molar-refractivity contribution < 1.29 is 8.78 Å². The Balaban J connectivity index is 1.93. The Morgan fingerprint density at radius 3 is 2.10 bits per heavy atom. The fraction of sp³-hybridized carbons (Fsp3) is 0.333. The molecule has 0 saturated carbocycles. The Hall–Kier alpha value is -1.70. The first kappa shape index (κ1) is 13.3. The van der Waals surface area contributed by atoms with Crippen molar-refractivity contribution in [2.45, 2.75) is 38.5 Å². The minimum Gasteiger partial charge on any atom is -0.206 e. The standard InChI is InChI=1S/C18H18F2/c1-12(2)13-3-5-14(6-4-13)15-7-8-16-10-18(19,20)11-17(16)9-15/h3-9,12H,10-11H2,1-2H3. The Bertz CT molecular complexity index is 624. The molecule has 1 aliphatic carbocycles. The van der Waals surface area contributed by atoms with Crippen LogP contribution < -0.4 is 0 Å². The number of alkyl halides is 2. The van der Waals surface area contributed by atoms with Gasteiger partial charge >= 0.3 is 0 Å². The quantitative estimate of drug-likeness (QED) is 0.704. The van der Waals surface area contributed by atoms with Crippen molar-refractivity contribution in [1.82, 2.24) is 0 Å². The SMILES string of the molecule is CC(C)c1ccc(-c2ccc3c(c2)CC(F)(F)C3)cc1. The Labute approximate surface area is 118 Å². The Morgan fingerprint density at radius 1 is 0.850 bits per heavy atom. The number of rotatable bonds is 2. The van der Waals surface area contributed by atoms with Gasteiger partial charge in [-0.3, -0.25) is 0 Å². The molecule has 0 aromatic heterocycles. The molecule has 2 aromatic rings. The molecule has 2 aromatic carbocycles. The van der Waals surface area contributed by atoms with Gasteiger partial charge in [0.25, 0.3) is 5.92 Å². The van der Waals surface area contributed by atoms with Crippen LogP contribution >= 0.6 is 0 Å². The van der Waals surface area contributed by atoms with Gasteiger partial charge in [0.05, 0.1) is 0 Å². The third kappa shape index (κ3) is 2.47. The molecular formula is C18H18F2. The van der Waals surface area contributed by atoms with Crippen molar-refractivity contribution >= 4 is 0 Å². The van der Waals surface area contributed by atoms with E-state index in [-0.39, 0.29) is 12.8 Å². The fourth-order valence-electron chi connectivity index (χ4n) is 2.82. The zero-order valence-corrected chi connectivity index (χ0v) is 11.8. The second kappa shape index (κ2) is 4.69. The van der Waals surface area contributed by atoms with Gasteiger partial charge in [-0.05, 0) is 33.7 Å². The first-order valence-corrected chi connectivity index (χ1v) is 7.04. The monoisotopic (exact) mass is 272 g/mol. The van der Waals surface area contributed by atoms with E-state index >= 15 is 0 Å². The summed E-state index contributed by atoms with van der Waals surface area (Å²) in [5.74, 6) is -2.06. The maximum Gasteiger partial charge on any atom is 0.256 e. The number of fused-ring (bicyclic) bond motifs is 1. The van der Waals surface area contributed by atoms with Crippen LogP contribution in [0.2, 0.25) is 0 Å². The molecule has 104 valence electrons. The molecule has 0 N–H and O–H groups in total. The predicted molar refractivity (Wildman–Crippen MR) is 78.3 cm³/mol. The van der Waals surface area contributed by atoms with E-state index in [1.165, 1.54) is 5.56 Å². The molecule has 0 fully saturated rings. The normalized spacial score (nSPS) is 16.4. The maximum atomic E-state index is 13.4. The zero-order chi connectivity index (χ0) is 14.3. The van der Waals surface area contributed by atoms with Crippen molar-refractivity contribution in [1.29, 1.82) is 0 Å². The predicted octanol–water partition coefficient (Wildman–Crippen LogP) is 5.21. The lowest BCUT2D eigenvalue weighted by Gasteiger charge is -2.08. The number of hydrogen-bond donors (Lipinski definition) is 0. The lowest BCUT2D eigenvalue weighted by atomic mass is 9.97. The highest BCUT2D eigenvalue weighted by Gasteiger charge is 2.37. The topological polar surface area (TPSA) is 0 Å². The Morgan fingerprint density at radius 2 is 1.45 bits per heavy atom. The number of hydrogen-bond acceptors (Lipinski definition) is 0. The average molecular weight is 272 g/mol. The van der Waals surface area contributed by atoms with Gasteiger partial charge in [-0.2, -0.15) is 0 Å². The zero-order valence-electron chi connectivity index (χ0n) is 11.8. The molecule has 0 nitrogen and oxygen atoms in total. The minimum absolute atomic E-state index is 0.116. The van der Waals surface area contributed by atoms with Crippen LogP contribution in [-0.4, -0.2) is 5.92 Å². The lowest BCUT2D eigenvalue weighted by Crippen LogP contribution is -2.14. The number of halogens is 2. The third-order valence-corrected chi connectivity index (χ3v) is 4.02. The summed E-state index contributed by atoms with van der Waals surface area (Å²) in [6, 6.07) is 14.1. The molecule has 0 radical (unpaired) electrons. The highest BCUT2D eigenvalue weighted by Crippen LogP contribution is 2.36. The van der Waals surface area contributed by atoms with Crippen LogP contribution in [0.1, 0.15) is 36.5 Å². The largest absolute Gasteiger partial charge is 0.256 e. The molecule has 0 heterocycles. The first-order valence-electron chi connectivity index (χ1n) is 7.04. The summed E-state index contributed by atoms with van der Waals surface area (Å²) in [6.45, 7) is 4.32. The van der Waals surface area contributed by atoms with Crippen molar-refractivity contribution in [2.24, 2.45) is 0 Å². The smallest absolute Gasteiger partial charge is 0.206 e. The van der Waals surface area contributed by atoms with Crippen LogP contribution in [0.25, 0.3) is 11.1 Å². The van der Waals surface area contributed by atoms with E-state index < -0.39 is 5.92 Å². The summed E-state index contributed by atoms with van der Waals surface area (Å²) < 4.78 is 26.8. The van der Waals surface area contributed by atoms with Crippen LogP contribution in [0.3, 0.4) is 0 Å². The maximum absolute atomic E-state index is 13.4. The van der Waals surface area contributed by atoms with E-state index in [0.717, 1.165) is 22.3 Å². The van der Waals surface area contributed by atoms with Gasteiger partial charge in [0, 0.05) is 12.8 Å². The molecule has 0 spiro atoms. The fourth-order valence-corrected chi connectivity index (χ4v) is 2.82. The lowest BCUT2D eigenvalue weighted by molar-refractivity contribution is 0.0130. The molecule has 0 unspecified atom stereocenters. The highest BCUT2D eigenvalue weighted by atomic mass is 19.3. The second-order valence-electron chi connectivity index (χ2n) is 5.97. The average Bonchev–Trinajstić information content (AvgIpc) is 2.71. The van der Waals surface area contributed by atoms with Crippen molar-refractivity contribution in [3.8, 4) is 11.1 Å². The van der Waals surface area contributed by atoms with Gasteiger partial charge in [-0.15, -0.1) is 0 Å². The van der Waals surface area contributed by atoms with Gasteiger partial charge in [0.15, 0.2) is 0 Å². The summed E-state index contributed by atoms with van der Waals surface area (Å²) in [6.07, 6.45) is -0.241. The molecule has 0 atom stereocenters. The summed E-state index contributed by atoms with van der Waals surface area (Å²) in [5, 5.41) is 0. The van der Waals surface area contributed by atoms with Gasteiger partial charge < -0.3 is 0 Å². The van der Waals surface area contributed by atoms with Crippen molar-refractivity contribution in [3.63, 3.8) is 0 Å². The molecule has 1 aliphatic rings. The van der Waals surface area contributed by atoms with E-state index in [0.29, 0.717) is 5.92 Å². The molecule has 0 amide bonds. The van der Waals surface area contributed by atoms with Gasteiger partial charge in [-0.25, -0.2) is 8.78 Å².